The highest BCUT2D eigenvalue weighted by Crippen LogP contribution is 2.68. The van der Waals surface area contributed by atoms with Crippen LogP contribution < -0.4 is 9.47 Å². The zero-order chi connectivity index (χ0) is 35.7. The lowest BCUT2D eigenvalue weighted by molar-refractivity contribution is -0.0295. The molecule has 0 saturated heterocycles. The van der Waals surface area contributed by atoms with E-state index in [1.807, 2.05) is 24.3 Å². The van der Waals surface area contributed by atoms with Crippen LogP contribution in [0.3, 0.4) is 0 Å². The van der Waals surface area contributed by atoms with Crippen molar-refractivity contribution in [2.24, 2.45) is 17.8 Å². The van der Waals surface area contributed by atoms with Gasteiger partial charge in [0, 0.05) is 16.9 Å². The molecule has 10 rings (SSSR count). The first kappa shape index (κ1) is 32.3. The smallest absolute Gasteiger partial charge is 0.335 e. The standard InChI is InChI=1S/C46H40O6/c1-51-41-13-11-34(30-3-5-32-20-36(44(47)48)9-7-28(32)18-30)22-39(41)43-38-16-26-15-27(17-38)25-46(43,24-26)40-23-35(12-14-42(40)52-2)31-4-6-33-21-37(45(49)50)10-8-29(33)19-31/h3-14,18-23,26-27,38,43H,15-17,24-25H2,1-2H3,(H,47,48)(H,49,50)/t26-,27+,38?,43?,46?. The number of aromatic carboxylic acids is 2. The van der Waals surface area contributed by atoms with Crippen LogP contribution in [0.15, 0.2) is 109 Å². The molecule has 6 heteroatoms. The molecule has 0 radical (unpaired) electrons. The second kappa shape index (κ2) is 12.3. The van der Waals surface area contributed by atoms with E-state index >= 15 is 0 Å². The molecule has 4 fully saturated rings. The summed E-state index contributed by atoms with van der Waals surface area (Å²) in [7, 11) is 3.56. The molecule has 2 N–H and O–H groups in total. The van der Waals surface area contributed by atoms with E-state index in [0.29, 0.717) is 17.8 Å². The molecule has 52 heavy (non-hydrogen) atoms. The van der Waals surface area contributed by atoms with Crippen LogP contribution in [0.2, 0.25) is 0 Å². The van der Waals surface area contributed by atoms with Crippen LogP contribution in [-0.4, -0.2) is 36.4 Å². The largest absolute Gasteiger partial charge is 0.496 e. The van der Waals surface area contributed by atoms with Crippen molar-refractivity contribution in [1.82, 2.24) is 0 Å². The first-order valence-corrected chi connectivity index (χ1v) is 18.1. The Morgan fingerprint density at radius 1 is 0.558 bits per heavy atom. The predicted molar refractivity (Wildman–Crippen MR) is 204 cm³/mol. The van der Waals surface area contributed by atoms with Crippen LogP contribution in [-0.2, 0) is 5.41 Å². The lowest BCUT2D eigenvalue weighted by Gasteiger charge is -2.62. The SMILES string of the molecule is COc1ccc(-c2ccc3cc(C(=O)O)ccc3c2)cc1C1C2C[C@@H]3C[C@H](C2)CC1(c1cc(-c2ccc4cc(C(=O)O)ccc4c2)ccc1OC)C3. The minimum Gasteiger partial charge on any atom is -0.496 e. The van der Waals surface area contributed by atoms with Gasteiger partial charge in [0.2, 0.25) is 0 Å². The number of methoxy groups -OCH3 is 2. The molecule has 4 bridgehead atoms. The lowest BCUT2D eigenvalue weighted by atomic mass is 9.42. The van der Waals surface area contributed by atoms with Gasteiger partial charge in [-0.1, -0.05) is 48.5 Å². The van der Waals surface area contributed by atoms with E-state index in [9.17, 15) is 19.8 Å². The lowest BCUT2D eigenvalue weighted by Crippen LogP contribution is -2.54. The van der Waals surface area contributed by atoms with E-state index in [-0.39, 0.29) is 22.5 Å². The van der Waals surface area contributed by atoms with Crippen molar-refractivity contribution in [2.75, 3.05) is 14.2 Å². The van der Waals surface area contributed by atoms with Crippen LogP contribution in [0.25, 0.3) is 43.8 Å². The second-order valence-corrected chi connectivity index (χ2v) is 15.3. The molecular weight excluding hydrogens is 649 g/mol. The number of carbonyl (C=O) groups is 2. The molecule has 4 saturated carbocycles. The number of ether oxygens (including phenoxy) is 2. The van der Waals surface area contributed by atoms with Crippen LogP contribution in [0.4, 0.5) is 0 Å². The van der Waals surface area contributed by atoms with Gasteiger partial charge in [-0.05, 0) is 160 Å². The van der Waals surface area contributed by atoms with Gasteiger partial charge in [-0.3, -0.25) is 0 Å². The fourth-order valence-corrected chi connectivity index (χ4v) is 10.5. The van der Waals surface area contributed by atoms with Crippen molar-refractivity contribution >= 4 is 33.5 Å². The van der Waals surface area contributed by atoms with Crippen molar-refractivity contribution in [2.45, 2.75) is 43.4 Å². The number of hydrogen-bond acceptors (Lipinski definition) is 4. The molecule has 3 unspecified atom stereocenters. The Labute approximate surface area is 302 Å². The van der Waals surface area contributed by atoms with Crippen LogP contribution >= 0.6 is 0 Å². The zero-order valence-electron chi connectivity index (χ0n) is 29.3. The Morgan fingerprint density at radius 2 is 1.02 bits per heavy atom. The van der Waals surface area contributed by atoms with Crippen molar-refractivity contribution < 1.29 is 29.3 Å². The number of carboxylic acids is 2. The third-order valence-electron chi connectivity index (χ3n) is 12.5. The molecule has 0 aromatic heterocycles. The molecule has 0 spiro atoms. The fraction of sp³-hybridized carbons (Fsp3) is 0.261. The van der Waals surface area contributed by atoms with Gasteiger partial charge in [-0.2, -0.15) is 0 Å². The maximum absolute atomic E-state index is 11.6. The van der Waals surface area contributed by atoms with Gasteiger partial charge in [0.25, 0.3) is 0 Å². The first-order chi connectivity index (χ1) is 25.2. The van der Waals surface area contributed by atoms with Gasteiger partial charge in [0.05, 0.1) is 25.3 Å². The molecule has 6 aromatic carbocycles. The molecule has 4 aliphatic carbocycles. The molecular formula is C46H40O6. The first-order valence-electron chi connectivity index (χ1n) is 18.1. The Kier molecular flexibility index (Phi) is 7.62. The van der Waals surface area contributed by atoms with Crippen LogP contribution in [0.1, 0.15) is 69.9 Å². The summed E-state index contributed by atoms with van der Waals surface area (Å²) in [4.78, 5) is 23.2. The van der Waals surface area contributed by atoms with Gasteiger partial charge in [-0.15, -0.1) is 0 Å². The van der Waals surface area contributed by atoms with Crippen molar-refractivity contribution in [3.05, 3.63) is 131 Å². The highest BCUT2D eigenvalue weighted by atomic mass is 16.5. The quantitative estimate of drug-likeness (QED) is 0.165. The Bertz CT molecular complexity index is 2410. The average molecular weight is 689 g/mol. The predicted octanol–water partition coefficient (Wildman–Crippen LogP) is 10.6. The number of hydrogen-bond donors (Lipinski definition) is 2. The zero-order valence-corrected chi connectivity index (χ0v) is 29.3. The summed E-state index contributed by atoms with van der Waals surface area (Å²) in [6.07, 6.45) is 5.96. The van der Waals surface area contributed by atoms with E-state index in [0.717, 1.165) is 68.1 Å². The van der Waals surface area contributed by atoms with Gasteiger partial charge in [0.15, 0.2) is 0 Å². The maximum Gasteiger partial charge on any atom is 0.335 e. The summed E-state index contributed by atoms with van der Waals surface area (Å²) < 4.78 is 12.4. The monoisotopic (exact) mass is 688 g/mol. The fourth-order valence-electron chi connectivity index (χ4n) is 10.5. The molecule has 4 aliphatic rings. The minimum absolute atomic E-state index is 0.133. The average Bonchev–Trinajstić information content (AvgIpc) is 3.16. The van der Waals surface area contributed by atoms with Gasteiger partial charge >= 0.3 is 11.9 Å². The summed E-state index contributed by atoms with van der Waals surface area (Å²) in [6.45, 7) is 0. The second-order valence-electron chi connectivity index (χ2n) is 15.3. The molecule has 0 aliphatic heterocycles. The number of carboxylic acid groups (broad SMARTS) is 2. The van der Waals surface area contributed by atoms with Crippen molar-refractivity contribution in [3.8, 4) is 33.8 Å². The highest BCUT2D eigenvalue weighted by Gasteiger charge is 2.59. The van der Waals surface area contributed by atoms with E-state index < -0.39 is 11.9 Å². The topological polar surface area (TPSA) is 93.1 Å². The van der Waals surface area contributed by atoms with Crippen LogP contribution in [0.5, 0.6) is 11.5 Å². The number of benzene rings is 6. The summed E-state index contributed by atoms with van der Waals surface area (Å²) in [5, 5.41) is 22.8. The normalized spacial score (nSPS) is 23.2. The third kappa shape index (κ3) is 5.23. The van der Waals surface area contributed by atoms with E-state index in [1.54, 1.807) is 38.5 Å². The van der Waals surface area contributed by atoms with Crippen LogP contribution in [0, 0.1) is 17.8 Å². The summed E-state index contributed by atoms with van der Waals surface area (Å²) >= 11 is 0. The molecule has 6 nitrogen and oxygen atoms in total. The Balaban J connectivity index is 1.17. The Morgan fingerprint density at radius 3 is 1.56 bits per heavy atom. The van der Waals surface area contributed by atoms with Gasteiger partial charge in [-0.25, -0.2) is 9.59 Å². The third-order valence-corrected chi connectivity index (χ3v) is 12.5. The van der Waals surface area contributed by atoms with E-state index in [4.69, 9.17) is 9.47 Å². The maximum atomic E-state index is 11.6. The van der Waals surface area contributed by atoms with Crippen molar-refractivity contribution in [1.29, 1.82) is 0 Å². The molecule has 260 valence electrons. The summed E-state index contributed by atoms with van der Waals surface area (Å²) in [6, 6.07) is 36.4. The molecule has 5 atom stereocenters. The molecule has 6 aromatic rings. The van der Waals surface area contributed by atoms with E-state index in [1.165, 1.54) is 30.4 Å². The highest BCUT2D eigenvalue weighted by molar-refractivity contribution is 5.97. The molecule has 0 amide bonds. The van der Waals surface area contributed by atoms with Gasteiger partial charge < -0.3 is 19.7 Å². The van der Waals surface area contributed by atoms with Crippen molar-refractivity contribution in [3.63, 3.8) is 0 Å². The minimum atomic E-state index is -0.925. The van der Waals surface area contributed by atoms with E-state index in [2.05, 4.69) is 60.7 Å². The summed E-state index contributed by atoms with van der Waals surface area (Å²) in [5.41, 5.74) is 7.37. The summed E-state index contributed by atoms with van der Waals surface area (Å²) in [5.74, 6) is 2.11. The molecule has 0 heterocycles. The Hall–Kier alpha value is -5.62. The number of fused-ring (bicyclic) bond motifs is 2. The number of rotatable bonds is 8. The van der Waals surface area contributed by atoms with Gasteiger partial charge in [0.1, 0.15) is 11.5 Å².